The Morgan fingerprint density at radius 2 is 2.20 bits per heavy atom. The molecule has 1 amide bonds. The predicted molar refractivity (Wildman–Crippen MR) is 72.0 cm³/mol. The van der Waals surface area contributed by atoms with Crippen LogP contribution in [0.3, 0.4) is 0 Å². The van der Waals surface area contributed by atoms with E-state index < -0.39 is 33.0 Å². The van der Waals surface area contributed by atoms with Crippen LogP contribution in [0.2, 0.25) is 0 Å². The number of carbonyl (C=O) groups is 2. The lowest BCUT2D eigenvalue weighted by Crippen LogP contribution is -2.35. The van der Waals surface area contributed by atoms with Gasteiger partial charge >= 0.3 is 11.4 Å². The van der Waals surface area contributed by atoms with E-state index >= 15 is 0 Å². The van der Waals surface area contributed by atoms with Crippen LogP contribution in [0, 0.1) is 0 Å². The lowest BCUT2D eigenvalue weighted by Gasteiger charge is -2.21. The molecular weight excluding hydrogens is 310 g/mol. The number of nitrogens with zero attached hydrogens (tertiary/aromatic N) is 1. The van der Waals surface area contributed by atoms with Gasteiger partial charge in [0.05, 0.1) is 24.3 Å². The van der Waals surface area contributed by atoms with Crippen LogP contribution in [0.5, 0.6) is 0 Å². The second-order valence-electron chi connectivity index (χ2n) is 4.01. The van der Waals surface area contributed by atoms with E-state index in [1.54, 1.807) is 0 Å². The molecule has 0 bridgehead atoms. The number of hydrogen-bond acceptors (Lipinski definition) is 7. The standard InChI is InChI=1S/C10H15NO7S2/c1-3-4-17-9(12)11-6-7(18-20(2,15)16)5-8(11)19-10(13)14/h3,7-8H,1,4-6H2,2H3,(H,13,14)/t7-,8+/m1/s1. The van der Waals surface area contributed by atoms with Crippen LogP contribution < -0.4 is 0 Å². The highest BCUT2D eigenvalue weighted by molar-refractivity contribution is 8.13. The summed E-state index contributed by atoms with van der Waals surface area (Å²) < 4.78 is 31.8. The number of likely N-dealkylation sites (tertiary alicyclic amines) is 1. The Morgan fingerprint density at radius 3 is 2.70 bits per heavy atom. The van der Waals surface area contributed by atoms with E-state index in [4.69, 9.17) is 14.0 Å². The molecule has 0 saturated carbocycles. The summed E-state index contributed by atoms with van der Waals surface area (Å²) in [4.78, 5) is 23.6. The smallest absolute Gasteiger partial charge is 0.411 e. The number of hydrogen-bond donors (Lipinski definition) is 1. The normalized spacial score (nSPS) is 22.6. The molecule has 1 rings (SSSR count). The fourth-order valence-electron chi connectivity index (χ4n) is 1.71. The summed E-state index contributed by atoms with van der Waals surface area (Å²) in [5, 5.41) is 6.87. The highest BCUT2D eigenvalue weighted by Crippen LogP contribution is 2.30. The quantitative estimate of drug-likeness (QED) is 0.591. The number of carbonyl (C=O) groups excluding carboxylic acids is 1. The van der Waals surface area contributed by atoms with Gasteiger partial charge in [-0.1, -0.05) is 12.7 Å². The van der Waals surface area contributed by atoms with Gasteiger partial charge in [0.25, 0.3) is 10.1 Å². The Kier molecular flexibility index (Phi) is 5.84. The monoisotopic (exact) mass is 325 g/mol. The molecule has 1 saturated heterocycles. The summed E-state index contributed by atoms with van der Waals surface area (Å²) in [5.74, 6) is 0. The van der Waals surface area contributed by atoms with Crippen LogP contribution in [0.4, 0.5) is 9.59 Å². The molecule has 1 fully saturated rings. The third kappa shape index (κ3) is 5.39. The van der Waals surface area contributed by atoms with E-state index in [-0.39, 0.29) is 19.6 Å². The van der Waals surface area contributed by atoms with Crippen LogP contribution in [-0.4, -0.2) is 60.7 Å². The first-order valence-corrected chi connectivity index (χ1v) is 8.24. The van der Waals surface area contributed by atoms with Gasteiger partial charge in [0.15, 0.2) is 0 Å². The molecule has 1 N–H and O–H groups in total. The maximum Gasteiger partial charge on any atom is 0.411 e. The number of ether oxygens (including phenoxy) is 1. The molecule has 0 spiro atoms. The first kappa shape index (κ1) is 16.8. The summed E-state index contributed by atoms with van der Waals surface area (Å²) in [6.07, 6.45) is 0.845. The van der Waals surface area contributed by atoms with Crippen molar-refractivity contribution in [2.75, 3.05) is 19.4 Å². The fraction of sp³-hybridized carbons (Fsp3) is 0.600. The van der Waals surface area contributed by atoms with E-state index in [0.29, 0.717) is 11.8 Å². The molecule has 2 atom stereocenters. The van der Waals surface area contributed by atoms with Crippen LogP contribution in [-0.2, 0) is 19.0 Å². The zero-order chi connectivity index (χ0) is 15.3. The van der Waals surface area contributed by atoms with Crippen molar-refractivity contribution in [2.24, 2.45) is 0 Å². The maximum absolute atomic E-state index is 11.8. The minimum absolute atomic E-state index is 0.0165. The minimum atomic E-state index is -3.68. The first-order chi connectivity index (χ1) is 9.23. The molecule has 10 heteroatoms. The topological polar surface area (TPSA) is 110 Å². The van der Waals surface area contributed by atoms with E-state index in [2.05, 4.69) is 6.58 Å². The Bertz CT molecular complexity index is 490. The Balaban J connectivity index is 2.75. The van der Waals surface area contributed by atoms with E-state index in [1.807, 2.05) is 0 Å². The summed E-state index contributed by atoms with van der Waals surface area (Å²) >= 11 is 0.503. The highest BCUT2D eigenvalue weighted by atomic mass is 32.2. The van der Waals surface area contributed by atoms with Gasteiger partial charge in [0, 0.05) is 6.42 Å². The zero-order valence-electron chi connectivity index (χ0n) is 10.7. The molecule has 0 aromatic rings. The van der Waals surface area contributed by atoms with Gasteiger partial charge in [0.2, 0.25) is 0 Å². The Labute approximate surface area is 120 Å². The second kappa shape index (κ2) is 6.95. The van der Waals surface area contributed by atoms with Crippen molar-refractivity contribution in [3.05, 3.63) is 12.7 Å². The number of rotatable bonds is 5. The van der Waals surface area contributed by atoms with Gasteiger partial charge in [-0.3, -0.25) is 9.08 Å². The van der Waals surface area contributed by atoms with E-state index in [0.717, 1.165) is 11.2 Å². The van der Waals surface area contributed by atoms with Crippen LogP contribution in [0.1, 0.15) is 6.42 Å². The number of amides is 1. The number of carboxylic acid groups (broad SMARTS) is 1. The Hall–Kier alpha value is -1.26. The van der Waals surface area contributed by atoms with Gasteiger partial charge in [-0.05, 0) is 11.8 Å². The van der Waals surface area contributed by atoms with Crippen LogP contribution in [0.25, 0.3) is 0 Å². The predicted octanol–water partition coefficient (Wildman–Crippen LogP) is 1.10. The van der Waals surface area contributed by atoms with E-state index in [9.17, 15) is 18.0 Å². The molecule has 8 nitrogen and oxygen atoms in total. The van der Waals surface area contributed by atoms with Crippen molar-refractivity contribution in [1.29, 1.82) is 0 Å². The molecule has 0 aromatic carbocycles. The SMILES string of the molecule is C=CCOC(=O)N1C[C@H](OS(C)(=O)=O)C[C@@H]1SC(=O)O. The molecular formula is C10H15NO7S2. The third-order valence-electron chi connectivity index (χ3n) is 2.32. The molecule has 0 radical (unpaired) electrons. The first-order valence-electron chi connectivity index (χ1n) is 5.55. The molecule has 0 aliphatic carbocycles. The lowest BCUT2D eigenvalue weighted by atomic mass is 10.3. The molecule has 0 aromatic heterocycles. The van der Waals surface area contributed by atoms with E-state index in [1.165, 1.54) is 6.08 Å². The molecule has 114 valence electrons. The second-order valence-corrected chi connectivity index (χ2v) is 6.74. The average Bonchev–Trinajstić information content (AvgIpc) is 2.65. The highest BCUT2D eigenvalue weighted by Gasteiger charge is 2.40. The van der Waals surface area contributed by atoms with Gasteiger partial charge in [-0.15, -0.1) is 0 Å². The van der Waals surface area contributed by atoms with Crippen LogP contribution in [0.15, 0.2) is 12.7 Å². The third-order valence-corrected chi connectivity index (χ3v) is 3.86. The summed E-state index contributed by atoms with van der Waals surface area (Å²) in [6, 6.07) is 0. The number of thioether (sulfide) groups is 1. The largest absolute Gasteiger partial charge is 0.473 e. The summed E-state index contributed by atoms with van der Waals surface area (Å²) in [5.41, 5.74) is 0. The summed E-state index contributed by atoms with van der Waals surface area (Å²) in [6.45, 7) is 3.33. The van der Waals surface area contributed by atoms with Crippen molar-refractivity contribution >= 4 is 33.3 Å². The van der Waals surface area contributed by atoms with Gasteiger partial charge in [0.1, 0.15) is 6.61 Å². The minimum Gasteiger partial charge on any atom is -0.473 e. The fourth-order valence-corrected chi connectivity index (χ4v) is 3.19. The summed E-state index contributed by atoms with van der Waals surface area (Å²) in [7, 11) is -3.68. The van der Waals surface area contributed by atoms with Gasteiger partial charge in [-0.25, -0.2) is 9.59 Å². The van der Waals surface area contributed by atoms with Gasteiger partial charge in [-0.2, -0.15) is 8.42 Å². The lowest BCUT2D eigenvalue weighted by molar-refractivity contribution is 0.113. The molecule has 1 aliphatic heterocycles. The van der Waals surface area contributed by atoms with Crippen molar-refractivity contribution < 1.29 is 32.0 Å². The molecule has 20 heavy (non-hydrogen) atoms. The van der Waals surface area contributed by atoms with Crippen molar-refractivity contribution in [2.45, 2.75) is 17.9 Å². The average molecular weight is 325 g/mol. The molecule has 1 heterocycles. The molecule has 1 aliphatic rings. The van der Waals surface area contributed by atoms with Gasteiger partial charge < -0.3 is 9.84 Å². The van der Waals surface area contributed by atoms with Crippen molar-refractivity contribution in [3.8, 4) is 0 Å². The van der Waals surface area contributed by atoms with Crippen LogP contribution >= 0.6 is 11.8 Å². The molecule has 0 unspecified atom stereocenters. The van der Waals surface area contributed by atoms with Crippen molar-refractivity contribution in [1.82, 2.24) is 4.90 Å². The maximum atomic E-state index is 11.8. The Morgan fingerprint density at radius 1 is 1.55 bits per heavy atom. The zero-order valence-corrected chi connectivity index (χ0v) is 12.4. The van der Waals surface area contributed by atoms with Crippen molar-refractivity contribution in [3.63, 3.8) is 0 Å².